The molecule has 0 aliphatic heterocycles. The van der Waals surface area contributed by atoms with E-state index in [1.54, 1.807) is 13.3 Å². The summed E-state index contributed by atoms with van der Waals surface area (Å²) in [5.74, 6) is 0. The van der Waals surface area contributed by atoms with E-state index in [0.29, 0.717) is 11.7 Å². The van der Waals surface area contributed by atoms with Gasteiger partial charge in [-0.25, -0.2) is 0 Å². The summed E-state index contributed by atoms with van der Waals surface area (Å²) in [6, 6.07) is 4.44. The molecule has 0 heterocycles. The normalized spacial score (nSPS) is 12.4. The van der Waals surface area contributed by atoms with Crippen molar-refractivity contribution in [3.8, 4) is 0 Å². The number of rotatable bonds is 5. The summed E-state index contributed by atoms with van der Waals surface area (Å²) >= 11 is 5.15. The van der Waals surface area contributed by atoms with Gasteiger partial charge in [-0.15, -0.1) is 0 Å². The van der Waals surface area contributed by atoms with Gasteiger partial charge in [0.05, 0.1) is 12.8 Å². The highest BCUT2D eigenvalue weighted by Gasteiger charge is 2.02. The van der Waals surface area contributed by atoms with Crippen LogP contribution in [0.1, 0.15) is 29.2 Å². The highest BCUT2D eigenvalue weighted by atomic mass is 32.1. The van der Waals surface area contributed by atoms with Crippen LogP contribution in [0, 0.1) is 20.8 Å². The summed E-state index contributed by atoms with van der Waals surface area (Å²) in [6.07, 6.45) is 1.79. The van der Waals surface area contributed by atoms with Crippen molar-refractivity contribution in [1.82, 2.24) is 10.7 Å². The Labute approximate surface area is 126 Å². The Bertz CT molecular complexity index is 500. The molecule has 4 nitrogen and oxygen atoms in total. The molecule has 5 heteroatoms. The van der Waals surface area contributed by atoms with Crippen LogP contribution in [-0.4, -0.2) is 31.1 Å². The van der Waals surface area contributed by atoms with E-state index in [2.05, 4.69) is 48.7 Å². The first kappa shape index (κ1) is 16.6. The first-order valence-corrected chi connectivity index (χ1v) is 7.01. The maximum absolute atomic E-state index is 5.15. The van der Waals surface area contributed by atoms with Gasteiger partial charge in [0.2, 0.25) is 0 Å². The minimum absolute atomic E-state index is 0.151. The zero-order chi connectivity index (χ0) is 15.1. The smallest absolute Gasteiger partial charge is 0.187 e. The fourth-order valence-corrected chi connectivity index (χ4v) is 2.08. The van der Waals surface area contributed by atoms with Crippen LogP contribution in [0.5, 0.6) is 0 Å². The van der Waals surface area contributed by atoms with Crippen molar-refractivity contribution in [2.24, 2.45) is 5.10 Å². The molecule has 0 saturated carbocycles. The minimum Gasteiger partial charge on any atom is -0.383 e. The molecule has 0 bridgehead atoms. The van der Waals surface area contributed by atoms with Crippen molar-refractivity contribution < 1.29 is 4.74 Å². The monoisotopic (exact) mass is 293 g/mol. The van der Waals surface area contributed by atoms with Crippen LogP contribution in [0.25, 0.3) is 0 Å². The van der Waals surface area contributed by atoms with E-state index in [9.17, 15) is 0 Å². The van der Waals surface area contributed by atoms with Gasteiger partial charge >= 0.3 is 0 Å². The lowest BCUT2D eigenvalue weighted by atomic mass is 10.0. The van der Waals surface area contributed by atoms with Crippen LogP contribution in [-0.2, 0) is 4.74 Å². The molecule has 1 atom stereocenters. The second kappa shape index (κ2) is 7.97. The number of aryl methyl sites for hydroxylation is 3. The number of benzene rings is 1. The molecule has 2 N–H and O–H groups in total. The number of thiocarbonyl (C=S) groups is 1. The number of hydrogen-bond acceptors (Lipinski definition) is 3. The van der Waals surface area contributed by atoms with Gasteiger partial charge in [-0.2, -0.15) is 5.10 Å². The van der Waals surface area contributed by atoms with Crippen molar-refractivity contribution in [2.45, 2.75) is 33.7 Å². The van der Waals surface area contributed by atoms with Gasteiger partial charge < -0.3 is 10.1 Å². The summed E-state index contributed by atoms with van der Waals surface area (Å²) in [5.41, 5.74) is 7.65. The summed E-state index contributed by atoms with van der Waals surface area (Å²) in [7, 11) is 1.66. The molecule has 1 rings (SSSR count). The first-order valence-electron chi connectivity index (χ1n) is 6.60. The third-order valence-electron chi connectivity index (χ3n) is 3.05. The Kier molecular flexibility index (Phi) is 6.61. The van der Waals surface area contributed by atoms with Crippen LogP contribution in [0.15, 0.2) is 17.2 Å². The number of nitrogens with zero attached hydrogens (tertiary/aromatic N) is 1. The average molecular weight is 293 g/mol. The van der Waals surface area contributed by atoms with Gasteiger partial charge in [0, 0.05) is 13.2 Å². The van der Waals surface area contributed by atoms with E-state index in [4.69, 9.17) is 17.0 Å². The topological polar surface area (TPSA) is 45.6 Å². The molecule has 0 fully saturated rings. The van der Waals surface area contributed by atoms with Crippen molar-refractivity contribution >= 4 is 23.5 Å². The Morgan fingerprint density at radius 2 is 1.95 bits per heavy atom. The molecule has 1 aromatic rings. The van der Waals surface area contributed by atoms with Crippen LogP contribution >= 0.6 is 12.2 Å². The van der Waals surface area contributed by atoms with E-state index in [-0.39, 0.29) is 6.04 Å². The van der Waals surface area contributed by atoms with E-state index in [1.165, 1.54) is 16.7 Å². The largest absolute Gasteiger partial charge is 0.383 e. The van der Waals surface area contributed by atoms with Crippen molar-refractivity contribution in [3.05, 3.63) is 34.4 Å². The second-order valence-electron chi connectivity index (χ2n) is 4.99. The van der Waals surface area contributed by atoms with Crippen molar-refractivity contribution in [1.29, 1.82) is 0 Å². The summed E-state index contributed by atoms with van der Waals surface area (Å²) in [5, 5.41) is 7.74. The fraction of sp³-hybridized carbons (Fsp3) is 0.467. The molecule has 0 unspecified atom stereocenters. The number of methoxy groups -OCH3 is 1. The van der Waals surface area contributed by atoms with Gasteiger partial charge in [-0.3, -0.25) is 5.43 Å². The van der Waals surface area contributed by atoms with Crippen molar-refractivity contribution in [2.75, 3.05) is 13.7 Å². The van der Waals surface area contributed by atoms with Crippen LogP contribution < -0.4 is 10.7 Å². The van der Waals surface area contributed by atoms with Crippen molar-refractivity contribution in [3.63, 3.8) is 0 Å². The third kappa shape index (κ3) is 5.27. The van der Waals surface area contributed by atoms with Gasteiger partial charge in [-0.1, -0.05) is 6.07 Å². The highest BCUT2D eigenvalue weighted by Crippen LogP contribution is 2.13. The number of hydrogen-bond donors (Lipinski definition) is 2. The summed E-state index contributed by atoms with van der Waals surface area (Å²) in [6.45, 7) is 8.87. The number of hydrazone groups is 1. The van der Waals surface area contributed by atoms with E-state index in [1.807, 2.05) is 6.92 Å². The van der Waals surface area contributed by atoms with Gasteiger partial charge in [0.25, 0.3) is 0 Å². The zero-order valence-corrected chi connectivity index (χ0v) is 13.6. The Hall–Kier alpha value is -1.46. The second-order valence-corrected chi connectivity index (χ2v) is 5.40. The standard InChI is InChI=1S/C15H23N3OS/c1-10-6-12(3)14(7-11(10)2)8-16-18-15(20)17-13(4)9-19-5/h6-8,13H,9H2,1-5H3,(H2,17,18,20)/b16-8-/t13-/m0/s1. The lowest BCUT2D eigenvalue weighted by Gasteiger charge is -2.13. The summed E-state index contributed by atoms with van der Waals surface area (Å²) in [4.78, 5) is 0. The molecule has 0 radical (unpaired) electrons. The molecule has 0 aliphatic carbocycles. The molecule has 110 valence electrons. The maximum atomic E-state index is 5.15. The number of nitrogens with one attached hydrogen (secondary N) is 2. The molecule has 0 aliphatic rings. The van der Waals surface area contributed by atoms with Gasteiger partial charge in [0.15, 0.2) is 5.11 Å². The third-order valence-corrected chi connectivity index (χ3v) is 3.26. The lowest BCUT2D eigenvalue weighted by Crippen LogP contribution is -2.40. The van der Waals surface area contributed by atoms with E-state index >= 15 is 0 Å². The van der Waals surface area contributed by atoms with Crippen LogP contribution in [0.2, 0.25) is 0 Å². The number of ether oxygens (including phenoxy) is 1. The molecule has 0 spiro atoms. The highest BCUT2D eigenvalue weighted by molar-refractivity contribution is 7.80. The molecule has 1 aromatic carbocycles. The first-order chi connectivity index (χ1) is 9.43. The van der Waals surface area contributed by atoms with E-state index < -0.39 is 0 Å². The Morgan fingerprint density at radius 3 is 2.60 bits per heavy atom. The van der Waals surface area contributed by atoms with Crippen LogP contribution in [0.3, 0.4) is 0 Å². The molecule has 20 heavy (non-hydrogen) atoms. The molecule has 0 amide bonds. The van der Waals surface area contributed by atoms with Gasteiger partial charge in [-0.05, 0) is 68.2 Å². The van der Waals surface area contributed by atoms with Crippen LogP contribution in [0.4, 0.5) is 0 Å². The van der Waals surface area contributed by atoms with E-state index in [0.717, 1.165) is 5.56 Å². The molecular weight excluding hydrogens is 270 g/mol. The zero-order valence-electron chi connectivity index (χ0n) is 12.8. The quantitative estimate of drug-likeness (QED) is 0.497. The Morgan fingerprint density at radius 1 is 1.30 bits per heavy atom. The predicted molar refractivity (Wildman–Crippen MR) is 88.5 cm³/mol. The maximum Gasteiger partial charge on any atom is 0.187 e. The molecule has 0 saturated heterocycles. The Balaban J connectivity index is 2.57. The average Bonchev–Trinajstić information content (AvgIpc) is 2.35. The van der Waals surface area contributed by atoms with Gasteiger partial charge in [0.1, 0.15) is 0 Å². The SMILES string of the molecule is COC[C@H](C)NC(=S)N/N=C\c1cc(C)c(C)cc1C. The molecular formula is C15H23N3OS. The minimum atomic E-state index is 0.151. The fourth-order valence-electron chi connectivity index (χ4n) is 1.83. The summed E-state index contributed by atoms with van der Waals surface area (Å²) < 4.78 is 5.03. The lowest BCUT2D eigenvalue weighted by molar-refractivity contribution is 0.179. The predicted octanol–water partition coefficient (Wildman–Crippen LogP) is 2.44. The molecule has 0 aromatic heterocycles.